The number of aliphatic hydroxyl groups excluding tert-OH is 2. The van der Waals surface area contributed by atoms with Crippen molar-refractivity contribution in [2.75, 3.05) is 54.9 Å². The predicted molar refractivity (Wildman–Crippen MR) is 157 cm³/mol. The summed E-state index contributed by atoms with van der Waals surface area (Å²) >= 11 is 0. The molecule has 0 radical (unpaired) electrons. The van der Waals surface area contributed by atoms with E-state index in [4.69, 9.17) is 31.3 Å². The highest BCUT2D eigenvalue weighted by molar-refractivity contribution is 6.74. The molecule has 232 valence electrons. The van der Waals surface area contributed by atoms with Crippen LogP contribution in [0, 0.1) is 0 Å². The molecular weight excluding hydrogens is 568 g/mol. The van der Waals surface area contributed by atoms with E-state index >= 15 is 0 Å². The molecule has 0 aliphatic rings. The van der Waals surface area contributed by atoms with Crippen molar-refractivity contribution in [2.24, 2.45) is 0 Å². The molecule has 2 aromatic carbocycles. The van der Waals surface area contributed by atoms with Crippen LogP contribution in [0.5, 0.6) is 11.5 Å². The first-order valence-corrected chi connectivity index (χ1v) is 17.5. The summed E-state index contributed by atoms with van der Waals surface area (Å²) in [7, 11) is -0.204. The van der Waals surface area contributed by atoms with Gasteiger partial charge in [-0.15, -0.1) is 0 Å². The van der Waals surface area contributed by atoms with Gasteiger partial charge in [0.2, 0.25) is 0 Å². The highest BCUT2D eigenvalue weighted by atomic mass is 28.5. The minimum Gasteiger partial charge on any atom is -0.508 e. The molecule has 0 saturated carbocycles. The van der Waals surface area contributed by atoms with Gasteiger partial charge < -0.3 is 51.7 Å². The number of hydrogen-bond acceptors (Lipinski definition) is 11. The van der Waals surface area contributed by atoms with Crippen LogP contribution in [0.25, 0.3) is 0 Å². The number of aromatic hydroxyl groups is 2. The molecule has 2 atom stereocenters. The summed E-state index contributed by atoms with van der Waals surface area (Å²) in [5.41, 5.74) is 1.33. The third-order valence-electron chi connectivity index (χ3n) is 6.61. The van der Waals surface area contributed by atoms with E-state index in [0.717, 1.165) is 0 Å². The Bertz CT molecular complexity index is 912. The van der Waals surface area contributed by atoms with Gasteiger partial charge in [-0.1, -0.05) is 36.4 Å². The SMILES string of the molecule is CO[Si](CCCOCC(O)Cc1ccccc1O)(OC)O[Si](CCCOCC(O)Cc1ccccc1O)(OC)OC. The number of ether oxygens (including phenoxy) is 2. The van der Waals surface area contributed by atoms with Crippen LogP contribution in [-0.2, 0) is 44.1 Å². The van der Waals surface area contributed by atoms with Gasteiger partial charge in [0.05, 0.1) is 25.4 Å². The monoisotopic (exact) mass is 614 g/mol. The largest absolute Gasteiger partial charge is 0.508 e. The maximum atomic E-state index is 10.3. The van der Waals surface area contributed by atoms with Crippen molar-refractivity contribution >= 4 is 17.6 Å². The second-order valence-corrected chi connectivity index (χ2v) is 15.8. The molecule has 13 heteroatoms. The van der Waals surface area contributed by atoms with Gasteiger partial charge in [-0.2, -0.15) is 0 Å². The second-order valence-electron chi connectivity index (χ2n) is 9.61. The summed E-state index contributed by atoms with van der Waals surface area (Å²) in [6, 6.07) is 14.7. The summed E-state index contributed by atoms with van der Waals surface area (Å²) in [6.07, 6.45) is 0.212. The second kappa shape index (κ2) is 18.6. The van der Waals surface area contributed by atoms with Crippen LogP contribution < -0.4 is 0 Å². The summed E-state index contributed by atoms with van der Waals surface area (Å²) < 4.78 is 40.7. The van der Waals surface area contributed by atoms with Crippen LogP contribution >= 0.6 is 0 Å². The van der Waals surface area contributed by atoms with Gasteiger partial charge in [0.25, 0.3) is 0 Å². The average Bonchev–Trinajstić information content (AvgIpc) is 2.98. The quantitative estimate of drug-likeness (QED) is 0.115. The van der Waals surface area contributed by atoms with E-state index in [1.54, 1.807) is 36.4 Å². The van der Waals surface area contributed by atoms with Gasteiger partial charge in [-0.3, -0.25) is 0 Å². The highest BCUT2D eigenvalue weighted by Gasteiger charge is 2.51. The number of phenolic OH excluding ortho intramolecular Hbond substituents is 2. The normalized spacial score (nSPS) is 13.8. The van der Waals surface area contributed by atoms with Crippen molar-refractivity contribution in [2.45, 2.75) is 50.0 Å². The molecular formula is C28H46O11Si2. The van der Waals surface area contributed by atoms with Gasteiger partial charge in [0, 0.05) is 66.6 Å². The smallest absolute Gasteiger partial charge is 0.493 e. The molecule has 11 nitrogen and oxygen atoms in total. The number of benzene rings is 2. The molecule has 4 N–H and O–H groups in total. The number of phenols is 2. The lowest BCUT2D eigenvalue weighted by molar-refractivity contribution is 0.0327. The zero-order valence-corrected chi connectivity index (χ0v) is 26.5. The van der Waals surface area contributed by atoms with Crippen molar-refractivity contribution in [3.8, 4) is 11.5 Å². The fraction of sp³-hybridized carbons (Fsp3) is 0.571. The van der Waals surface area contributed by atoms with E-state index in [-0.39, 0.29) is 24.7 Å². The van der Waals surface area contributed by atoms with Crippen LogP contribution in [-0.4, -0.2) is 105 Å². The zero-order valence-electron chi connectivity index (χ0n) is 24.5. The van der Waals surface area contributed by atoms with Crippen LogP contribution in [0.2, 0.25) is 12.1 Å². The number of hydrogen-bond donors (Lipinski definition) is 4. The van der Waals surface area contributed by atoms with Gasteiger partial charge in [-0.05, 0) is 36.1 Å². The number of rotatable bonds is 22. The van der Waals surface area contributed by atoms with E-state index in [1.165, 1.54) is 28.4 Å². The minimum atomic E-state index is -3.17. The first kappa shape index (κ1) is 35.3. The Morgan fingerprint density at radius 3 is 1.32 bits per heavy atom. The topological polar surface area (TPSA) is 146 Å². The van der Waals surface area contributed by atoms with Crippen molar-refractivity contribution in [1.82, 2.24) is 0 Å². The molecule has 2 rings (SSSR count). The molecule has 0 fully saturated rings. The summed E-state index contributed by atoms with van der Waals surface area (Å²) in [5, 5.41) is 40.3. The van der Waals surface area contributed by atoms with Crippen LogP contribution in [0.3, 0.4) is 0 Å². The van der Waals surface area contributed by atoms with Crippen LogP contribution in [0.15, 0.2) is 48.5 Å². The van der Waals surface area contributed by atoms with Gasteiger partial charge in [0.15, 0.2) is 0 Å². The van der Waals surface area contributed by atoms with E-state index in [2.05, 4.69) is 0 Å². The minimum absolute atomic E-state index is 0.125. The molecule has 41 heavy (non-hydrogen) atoms. The molecule has 0 aliphatic carbocycles. The maximum Gasteiger partial charge on any atom is 0.493 e. The summed E-state index contributed by atoms with van der Waals surface area (Å²) in [4.78, 5) is 0. The molecule has 0 spiro atoms. The molecule has 0 heterocycles. The molecule has 2 aromatic rings. The third-order valence-corrected chi connectivity index (χ3v) is 13.5. The Labute approximate surface area is 245 Å². The molecule has 2 unspecified atom stereocenters. The fourth-order valence-corrected chi connectivity index (χ4v) is 10.6. The highest BCUT2D eigenvalue weighted by Crippen LogP contribution is 2.26. The lowest BCUT2D eigenvalue weighted by atomic mass is 10.1. The van der Waals surface area contributed by atoms with E-state index < -0.39 is 29.8 Å². The Morgan fingerprint density at radius 1 is 0.610 bits per heavy atom. The average molecular weight is 615 g/mol. The molecule has 0 aliphatic heterocycles. The number of aliphatic hydroxyl groups is 2. The Kier molecular flexibility index (Phi) is 16.0. The number of para-hydroxylation sites is 2. The standard InChI is InChI=1S/C28H46O11Si2/c1-33-40(34-2,17-9-15-37-21-25(29)19-23-11-5-7-13-27(23)31)39-41(35-3,36-4)18-10-16-38-22-26(30)20-24-12-6-8-14-28(24)32/h5-8,11-14,25-26,29-32H,9-10,15-22H2,1-4H3. The first-order valence-electron chi connectivity index (χ1n) is 13.7. The lowest BCUT2D eigenvalue weighted by Crippen LogP contribution is -2.57. The van der Waals surface area contributed by atoms with Crippen LogP contribution in [0.4, 0.5) is 0 Å². The Balaban J connectivity index is 1.76. The summed E-state index contributed by atoms with van der Waals surface area (Å²) in [6.45, 7) is 0.960. The Hall–Kier alpha value is -1.89. The summed E-state index contributed by atoms with van der Waals surface area (Å²) in [5.74, 6) is 0.300. The Morgan fingerprint density at radius 2 is 0.976 bits per heavy atom. The molecule has 0 bridgehead atoms. The fourth-order valence-electron chi connectivity index (χ4n) is 4.29. The lowest BCUT2D eigenvalue weighted by Gasteiger charge is -2.35. The van der Waals surface area contributed by atoms with E-state index in [0.29, 0.717) is 62.1 Å². The molecule has 0 aromatic heterocycles. The van der Waals surface area contributed by atoms with Crippen molar-refractivity contribution in [3.63, 3.8) is 0 Å². The zero-order chi connectivity index (χ0) is 30.1. The van der Waals surface area contributed by atoms with E-state index in [9.17, 15) is 20.4 Å². The first-order chi connectivity index (χ1) is 19.7. The van der Waals surface area contributed by atoms with E-state index in [1.807, 2.05) is 12.1 Å². The third kappa shape index (κ3) is 12.1. The van der Waals surface area contributed by atoms with Crippen molar-refractivity contribution in [3.05, 3.63) is 59.7 Å². The van der Waals surface area contributed by atoms with Crippen LogP contribution in [0.1, 0.15) is 24.0 Å². The maximum absolute atomic E-state index is 10.3. The van der Waals surface area contributed by atoms with Crippen molar-refractivity contribution < 1.29 is 51.7 Å². The van der Waals surface area contributed by atoms with Gasteiger partial charge in [0.1, 0.15) is 11.5 Å². The molecule has 0 amide bonds. The predicted octanol–water partition coefficient (Wildman–Crippen LogP) is 2.90. The van der Waals surface area contributed by atoms with Gasteiger partial charge in [-0.25, -0.2) is 0 Å². The van der Waals surface area contributed by atoms with Crippen molar-refractivity contribution in [1.29, 1.82) is 0 Å². The molecule has 0 saturated heterocycles. The van der Waals surface area contributed by atoms with Gasteiger partial charge >= 0.3 is 17.6 Å².